The van der Waals surface area contributed by atoms with E-state index in [1.165, 1.54) is 22.0 Å². The molecule has 2 atom stereocenters. The van der Waals surface area contributed by atoms with E-state index in [9.17, 15) is 24.5 Å². The number of nitro groups is 1. The summed E-state index contributed by atoms with van der Waals surface area (Å²) >= 11 is 12.2. The number of piperazine rings is 1. The van der Waals surface area contributed by atoms with Crippen LogP contribution in [0, 0.1) is 22.5 Å². The molecule has 11 nitrogen and oxygen atoms in total. The van der Waals surface area contributed by atoms with Crippen molar-refractivity contribution in [2.45, 2.75) is 31.7 Å². The van der Waals surface area contributed by atoms with Gasteiger partial charge in [0.25, 0.3) is 5.69 Å². The van der Waals surface area contributed by atoms with Crippen molar-refractivity contribution in [1.82, 2.24) is 25.1 Å². The number of nitrogens with zero attached hydrogens (tertiary/aromatic N) is 5. The summed E-state index contributed by atoms with van der Waals surface area (Å²) < 4.78 is 0. The zero-order chi connectivity index (χ0) is 33.9. The van der Waals surface area contributed by atoms with E-state index in [0.29, 0.717) is 21.2 Å². The van der Waals surface area contributed by atoms with Gasteiger partial charge in [0, 0.05) is 31.6 Å². The Labute approximate surface area is 286 Å². The maximum Gasteiger partial charge on any atom is 0.333 e. The Kier molecular flexibility index (Phi) is 9.50. The lowest BCUT2D eigenvalue weighted by atomic mass is 9.99. The third-order valence-corrected chi connectivity index (χ3v) is 9.34. The van der Waals surface area contributed by atoms with E-state index in [-0.39, 0.29) is 56.6 Å². The second-order valence-corrected chi connectivity index (χ2v) is 12.4. The minimum absolute atomic E-state index is 0.0792. The lowest BCUT2D eigenvalue weighted by Crippen LogP contribution is -2.66. The van der Waals surface area contributed by atoms with Crippen molar-refractivity contribution < 1.29 is 19.3 Å². The van der Waals surface area contributed by atoms with Gasteiger partial charge in [-0.25, -0.2) is 9.80 Å². The largest absolute Gasteiger partial charge is 0.333 e. The number of amides is 4. The Morgan fingerprint density at radius 2 is 1.73 bits per heavy atom. The van der Waals surface area contributed by atoms with E-state index < -0.39 is 23.2 Å². The average Bonchev–Trinajstić information content (AvgIpc) is 3.41. The maximum absolute atomic E-state index is 14.2. The number of carbonyl (C=O) groups is 3. The number of hydrazine groups is 1. The second kappa shape index (κ2) is 13.9. The Bertz CT molecular complexity index is 1940. The molecule has 6 rings (SSSR count). The first-order chi connectivity index (χ1) is 23.1. The Morgan fingerprint density at radius 1 is 1.00 bits per heavy atom. The molecule has 0 bridgehead atoms. The summed E-state index contributed by atoms with van der Waals surface area (Å²) in [5, 5.41) is 19.8. The van der Waals surface area contributed by atoms with Crippen LogP contribution in [0.3, 0.4) is 0 Å². The molecule has 244 valence electrons. The summed E-state index contributed by atoms with van der Waals surface area (Å²) in [4.78, 5) is 55.5. The highest BCUT2D eigenvalue weighted by Crippen LogP contribution is 2.31. The van der Waals surface area contributed by atoms with Crippen molar-refractivity contribution in [2.24, 2.45) is 0 Å². The first kappa shape index (κ1) is 32.8. The number of rotatable bonds is 9. The number of fused-ring (bicyclic) bond motifs is 2. The van der Waals surface area contributed by atoms with E-state index >= 15 is 0 Å². The Balaban J connectivity index is 1.31. The number of terminal acetylenes is 1. The van der Waals surface area contributed by atoms with Crippen molar-refractivity contribution in [2.75, 3.05) is 19.6 Å². The van der Waals surface area contributed by atoms with Crippen LogP contribution in [0.25, 0.3) is 10.8 Å². The van der Waals surface area contributed by atoms with E-state index in [1.54, 1.807) is 40.2 Å². The number of hydrogen-bond acceptors (Lipinski definition) is 6. The molecule has 2 fully saturated rings. The highest BCUT2D eigenvalue weighted by molar-refractivity contribution is 6.42. The van der Waals surface area contributed by atoms with Gasteiger partial charge in [-0.1, -0.05) is 89.8 Å². The highest BCUT2D eigenvalue weighted by Gasteiger charge is 2.52. The van der Waals surface area contributed by atoms with Crippen molar-refractivity contribution in [3.05, 3.63) is 122 Å². The van der Waals surface area contributed by atoms with E-state index in [1.807, 2.05) is 42.5 Å². The fourth-order valence-corrected chi connectivity index (χ4v) is 6.61. The normalized spacial score (nSPS) is 17.7. The summed E-state index contributed by atoms with van der Waals surface area (Å²) in [6, 6.07) is 23.3. The molecule has 2 aliphatic heterocycles. The van der Waals surface area contributed by atoms with Crippen LogP contribution in [0.2, 0.25) is 10.0 Å². The molecule has 4 aromatic rings. The van der Waals surface area contributed by atoms with Crippen molar-refractivity contribution in [1.29, 1.82) is 0 Å². The fourth-order valence-electron chi connectivity index (χ4n) is 6.29. The molecule has 0 spiro atoms. The van der Waals surface area contributed by atoms with E-state index in [2.05, 4.69) is 11.2 Å². The smallest absolute Gasteiger partial charge is 0.333 e. The topological polar surface area (TPSA) is 119 Å². The molecule has 2 heterocycles. The molecule has 0 saturated carbocycles. The summed E-state index contributed by atoms with van der Waals surface area (Å²) in [6.07, 6.45) is 5.12. The zero-order valence-corrected chi connectivity index (χ0v) is 27.1. The second-order valence-electron chi connectivity index (χ2n) is 11.5. The average molecular weight is 686 g/mol. The van der Waals surface area contributed by atoms with Crippen molar-refractivity contribution >= 4 is 57.5 Å². The number of carbonyl (C=O) groups excluding carboxylic acids is 3. The summed E-state index contributed by atoms with van der Waals surface area (Å²) in [5.74, 6) is 1.91. The molecule has 4 amide bonds. The molecule has 4 aromatic carbocycles. The van der Waals surface area contributed by atoms with Crippen LogP contribution < -0.4 is 5.32 Å². The van der Waals surface area contributed by atoms with Crippen molar-refractivity contribution in [3.63, 3.8) is 0 Å². The van der Waals surface area contributed by atoms with Crippen LogP contribution in [-0.4, -0.2) is 74.4 Å². The lowest BCUT2D eigenvalue weighted by molar-refractivity contribution is -0.384. The van der Waals surface area contributed by atoms with E-state index in [4.69, 9.17) is 29.6 Å². The molecular formula is C35H30Cl2N6O5. The van der Waals surface area contributed by atoms with Crippen LogP contribution >= 0.6 is 23.2 Å². The zero-order valence-electron chi connectivity index (χ0n) is 25.6. The minimum Gasteiger partial charge on any atom is -0.333 e. The van der Waals surface area contributed by atoms with Gasteiger partial charge in [-0.3, -0.25) is 19.7 Å². The molecule has 13 heteroatoms. The van der Waals surface area contributed by atoms with Crippen LogP contribution in [0.4, 0.5) is 10.5 Å². The maximum atomic E-state index is 14.2. The molecular weight excluding hydrogens is 655 g/mol. The van der Waals surface area contributed by atoms with Gasteiger partial charge in [0.1, 0.15) is 12.2 Å². The van der Waals surface area contributed by atoms with Gasteiger partial charge in [0.05, 0.1) is 34.6 Å². The molecule has 0 aromatic heterocycles. The van der Waals surface area contributed by atoms with Crippen molar-refractivity contribution in [3.8, 4) is 12.3 Å². The lowest BCUT2D eigenvalue weighted by Gasteiger charge is -2.46. The quantitative estimate of drug-likeness (QED) is 0.146. The van der Waals surface area contributed by atoms with Crippen LogP contribution in [-0.2, 0) is 29.1 Å². The summed E-state index contributed by atoms with van der Waals surface area (Å²) in [5.41, 5.74) is 2.21. The van der Waals surface area contributed by atoms with Gasteiger partial charge >= 0.3 is 6.03 Å². The molecule has 1 N–H and O–H groups in total. The number of non-ortho nitro benzene ring substituents is 1. The number of benzene rings is 4. The number of hydrogen-bond donors (Lipinski definition) is 1. The van der Waals surface area contributed by atoms with Gasteiger partial charge in [-0.15, -0.1) is 6.42 Å². The molecule has 0 radical (unpaired) electrons. The number of urea groups is 1. The first-order valence-corrected chi connectivity index (χ1v) is 15.9. The van der Waals surface area contributed by atoms with Crippen LogP contribution in [0.5, 0.6) is 0 Å². The van der Waals surface area contributed by atoms with Gasteiger partial charge in [-0.05, 0) is 39.6 Å². The number of halogens is 2. The standard InChI is InChI=1S/C35H30Cl2N6O5/c1-2-16-40(35(46)38-19-24-12-15-29(36)30(37)17-24)41-22-33(44)42-31(18-23-10-13-27(14-11-23)43(47)48)34(45)39(21-32(41)42)20-26-8-5-7-25-6-3-4-9-28(25)26/h1,3-15,17,31-32H,16,18-22H2,(H,38,46)/t31-,32+/m0/s1. The summed E-state index contributed by atoms with van der Waals surface area (Å²) in [6.45, 7) is 0.197. The predicted molar refractivity (Wildman–Crippen MR) is 182 cm³/mol. The molecule has 2 saturated heterocycles. The highest BCUT2D eigenvalue weighted by atomic mass is 35.5. The minimum atomic E-state index is -0.926. The van der Waals surface area contributed by atoms with Crippen LogP contribution in [0.15, 0.2) is 84.9 Å². The first-order valence-electron chi connectivity index (χ1n) is 15.1. The Hall–Kier alpha value is -5.15. The van der Waals surface area contributed by atoms with Gasteiger partial charge in [0.2, 0.25) is 11.8 Å². The van der Waals surface area contributed by atoms with Gasteiger partial charge in [-0.2, -0.15) is 5.01 Å². The molecule has 48 heavy (non-hydrogen) atoms. The molecule has 0 unspecified atom stereocenters. The number of nitrogens with one attached hydrogen (secondary N) is 1. The molecule has 0 aliphatic carbocycles. The third-order valence-electron chi connectivity index (χ3n) is 8.60. The third kappa shape index (κ3) is 6.64. The monoisotopic (exact) mass is 684 g/mol. The van der Waals surface area contributed by atoms with E-state index in [0.717, 1.165) is 16.3 Å². The SMILES string of the molecule is C#CCN(C(=O)NCc1ccc(Cl)c(Cl)c1)N1CC(=O)N2[C@@H](Cc3ccc([N+](=O)[O-])cc3)C(=O)N(Cc3cccc4ccccc34)C[C@@H]21. The summed E-state index contributed by atoms with van der Waals surface area (Å²) in [7, 11) is 0. The number of nitro benzene ring substituents is 1. The Morgan fingerprint density at radius 3 is 2.46 bits per heavy atom. The van der Waals surface area contributed by atoms with Crippen LogP contribution in [0.1, 0.15) is 16.7 Å². The predicted octanol–water partition coefficient (Wildman–Crippen LogP) is 5.24. The fraction of sp³-hybridized carbons (Fsp3) is 0.229. The molecule has 2 aliphatic rings. The van der Waals surface area contributed by atoms with Gasteiger partial charge in [0.15, 0.2) is 0 Å². The van der Waals surface area contributed by atoms with Gasteiger partial charge < -0.3 is 15.1 Å².